The van der Waals surface area contributed by atoms with E-state index in [1.165, 1.54) is 0 Å². The van der Waals surface area contributed by atoms with Crippen LogP contribution < -0.4 is 10.6 Å². The van der Waals surface area contributed by atoms with Crippen LogP contribution in [0.1, 0.15) is 24.6 Å². The highest BCUT2D eigenvalue weighted by Crippen LogP contribution is 2.22. The van der Waals surface area contributed by atoms with Gasteiger partial charge in [-0.2, -0.15) is 0 Å². The number of nitrogens with zero attached hydrogens (tertiary/aromatic N) is 1. The Morgan fingerprint density at radius 3 is 2.64 bits per heavy atom. The van der Waals surface area contributed by atoms with Crippen molar-refractivity contribution < 1.29 is 4.79 Å². The number of benzene rings is 2. The van der Waals surface area contributed by atoms with Gasteiger partial charge in [-0.1, -0.05) is 54.6 Å². The van der Waals surface area contributed by atoms with Crippen LogP contribution >= 0.6 is 0 Å². The molecule has 2 amide bonds. The third-order valence-corrected chi connectivity index (χ3v) is 4.27. The number of allylic oxidation sites excluding steroid dienone is 1. The Kier molecular flexibility index (Phi) is 6.17. The minimum Gasteiger partial charge on any atom is -0.335 e. The average Bonchev–Trinajstić information content (AvgIpc) is 2.67. The minimum absolute atomic E-state index is 0.165. The van der Waals surface area contributed by atoms with Crippen molar-refractivity contribution in [2.45, 2.75) is 26.3 Å². The van der Waals surface area contributed by atoms with Gasteiger partial charge < -0.3 is 16.0 Å². The minimum atomic E-state index is -0.289. The van der Waals surface area contributed by atoms with Gasteiger partial charge in [0.15, 0.2) is 0 Å². The molecule has 0 radical (unpaired) electrons. The quantitative estimate of drug-likeness (QED) is 0.522. The SMILES string of the molecule is Cc1cc(NC(=O)NC(C)CC(=N)C=Cc2ccccc2)c2ccccc2n1. The lowest BCUT2D eigenvalue weighted by Gasteiger charge is -2.15. The maximum absolute atomic E-state index is 12.4. The lowest BCUT2D eigenvalue weighted by atomic mass is 10.1. The van der Waals surface area contributed by atoms with Gasteiger partial charge in [-0.3, -0.25) is 4.98 Å². The molecule has 0 saturated carbocycles. The van der Waals surface area contributed by atoms with Crippen molar-refractivity contribution in [1.29, 1.82) is 5.41 Å². The van der Waals surface area contributed by atoms with Gasteiger partial charge in [-0.15, -0.1) is 0 Å². The molecule has 5 heteroatoms. The summed E-state index contributed by atoms with van der Waals surface area (Å²) in [6.07, 6.45) is 4.12. The Bertz CT molecular complexity index is 1010. The van der Waals surface area contributed by atoms with Gasteiger partial charge >= 0.3 is 6.03 Å². The molecule has 0 saturated heterocycles. The predicted octanol–water partition coefficient (Wildman–Crippen LogP) is 5.18. The van der Waals surface area contributed by atoms with E-state index in [0.717, 1.165) is 27.8 Å². The van der Waals surface area contributed by atoms with Crippen LogP contribution in [0.15, 0.2) is 66.7 Å². The fourth-order valence-electron chi connectivity index (χ4n) is 3.00. The number of nitrogens with one attached hydrogen (secondary N) is 3. The fourth-order valence-corrected chi connectivity index (χ4v) is 3.00. The summed E-state index contributed by atoms with van der Waals surface area (Å²) in [7, 11) is 0. The Balaban J connectivity index is 1.58. The fraction of sp³-hybridized carbons (Fsp3) is 0.174. The van der Waals surface area contributed by atoms with Crippen LogP contribution in [0.4, 0.5) is 10.5 Å². The molecule has 3 N–H and O–H groups in total. The predicted molar refractivity (Wildman–Crippen MR) is 116 cm³/mol. The molecule has 0 fully saturated rings. The molecular formula is C23H24N4O. The monoisotopic (exact) mass is 372 g/mol. The van der Waals surface area contributed by atoms with E-state index in [2.05, 4.69) is 15.6 Å². The highest BCUT2D eigenvalue weighted by molar-refractivity contribution is 6.01. The van der Waals surface area contributed by atoms with E-state index in [1.54, 1.807) is 6.08 Å². The summed E-state index contributed by atoms with van der Waals surface area (Å²) < 4.78 is 0. The highest BCUT2D eigenvalue weighted by atomic mass is 16.2. The van der Waals surface area contributed by atoms with Crippen LogP contribution in [0.3, 0.4) is 0 Å². The van der Waals surface area contributed by atoms with E-state index >= 15 is 0 Å². The third kappa shape index (κ3) is 5.27. The molecule has 0 spiro atoms. The summed E-state index contributed by atoms with van der Waals surface area (Å²) in [6, 6.07) is 19.0. The molecule has 28 heavy (non-hydrogen) atoms. The summed E-state index contributed by atoms with van der Waals surface area (Å²) >= 11 is 0. The molecule has 0 aliphatic heterocycles. The number of hydrogen-bond donors (Lipinski definition) is 3. The summed E-state index contributed by atoms with van der Waals surface area (Å²) in [5.74, 6) is 0. The largest absolute Gasteiger partial charge is 0.335 e. The van der Waals surface area contributed by atoms with Crippen LogP contribution in [0.25, 0.3) is 17.0 Å². The molecule has 0 aliphatic carbocycles. The second-order valence-corrected chi connectivity index (χ2v) is 6.80. The number of urea groups is 1. The second-order valence-electron chi connectivity index (χ2n) is 6.80. The van der Waals surface area contributed by atoms with E-state index < -0.39 is 0 Å². The van der Waals surface area contributed by atoms with Gasteiger partial charge in [-0.25, -0.2) is 4.79 Å². The lowest BCUT2D eigenvalue weighted by molar-refractivity contribution is 0.249. The first kappa shape index (κ1) is 19.3. The van der Waals surface area contributed by atoms with Crippen LogP contribution in [0.2, 0.25) is 0 Å². The number of para-hydroxylation sites is 1. The molecule has 5 nitrogen and oxygen atoms in total. The van der Waals surface area contributed by atoms with Gasteiger partial charge in [0.1, 0.15) is 0 Å². The third-order valence-electron chi connectivity index (χ3n) is 4.27. The summed E-state index contributed by atoms with van der Waals surface area (Å²) in [6.45, 7) is 3.79. The van der Waals surface area contributed by atoms with Crippen LogP contribution in [-0.2, 0) is 0 Å². The number of aromatic nitrogens is 1. The van der Waals surface area contributed by atoms with Crippen molar-refractivity contribution >= 4 is 34.4 Å². The van der Waals surface area contributed by atoms with Crippen molar-refractivity contribution in [2.24, 2.45) is 0 Å². The topological polar surface area (TPSA) is 77.9 Å². The van der Waals surface area contributed by atoms with Gasteiger partial charge in [0.05, 0.1) is 11.2 Å². The van der Waals surface area contributed by atoms with Crippen molar-refractivity contribution in [2.75, 3.05) is 5.32 Å². The molecule has 3 aromatic rings. The number of rotatable bonds is 6. The molecule has 2 aromatic carbocycles. The summed E-state index contributed by atoms with van der Waals surface area (Å²) in [5.41, 5.74) is 3.92. The molecule has 1 heterocycles. The number of fused-ring (bicyclic) bond motifs is 1. The molecule has 1 aromatic heterocycles. The van der Waals surface area contributed by atoms with Crippen molar-refractivity contribution in [3.05, 3.63) is 78.0 Å². The first-order valence-corrected chi connectivity index (χ1v) is 9.26. The molecule has 1 atom stereocenters. The maximum atomic E-state index is 12.4. The number of carbonyl (C=O) groups is 1. The number of pyridine rings is 1. The summed E-state index contributed by atoms with van der Waals surface area (Å²) in [4.78, 5) is 16.9. The zero-order chi connectivity index (χ0) is 19.9. The maximum Gasteiger partial charge on any atom is 0.319 e. The number of carbonyl (C=O) groups excluding carboxylic acids is 1. The van der Waals surface area contributed by atoms with Crippen molar-refractivity contribution in [1.82, 2.24) is 10.3 Å². The Hall–Kier alpha value is -3.47. The van der Waals surface area contributed by atoms with Gasteiger partial charge in [0.25, 0.3) is 0 Å². The van der Waals surface area contributed by atoms with Gasteiger partial charge in [0, 0.05) is 29.3 Å². The van der Waals surface area contributed by atoms with Gasteiger partial charge in [-0.05, 0) is 37.6 Å². The normalized spacial score (nSPS) is 12.1. The van der Waals surface area contributed by atoms with Gasteiger partial charge in [0.2, 0.25) is 0 Å². The molecule has 142 valence electrons. The smallest absolute Gasteiger partial charge is 0.319 e. The van der Waals surface area contributed by atoms with Crippen molar-refractivity contribution in [3.63, 3.8) is 0 Å². The zero-order valence-corrected chi connectivity index (χ0v) is 16.1. The number of hydrogen-bond acceptors (Lipinski definition) is 3. The Morgan fingerprint density at radius 1 is 1.14 bits per heavy atom. The lowest BCUT2D eigenvalue weighted by Crippen LogP contribution is -2.37. The van der Waals surface area contributed by atoms with E-state index in [-0.39, 0.29) is 12.1 Å². The Labute approximate surface area is 165 Å². The second kappa shape index (κ2) is 8.95. The van der Waals surface area contributed by atoms with E-state index in [9.17, 15) is 4.79 Å². The van der Waals surface area contributed by atoms with E-state index in [1.807, 2.05) is 80.6 Å². The van der Waals surface area contributed by atoms with E-state index in [4.69, 9.17) is 5.41 Å². The first-order chi connectivity index (χ1) is 13.5. The molecule has 3 rings (SSSR count). The van der Waals surface area contributed by atoms with E-state index in [0.29, 0.717) is 12.1 Å². The number of anilines is 1. The number of amides is 2. The summed E-state index contributed by atoms with van der Waals surface area (Å²) in [5, 5.41) is 14.8. The van der Waals surface area contributed by atoms with Crippen LogP contribution in [-0.4, -0.2) is 22.8 Å². The first-order valence-electron chi connectivity index (χ1n) is 9.26. The van der Waals surface area contributed by atoms with Crippen molar-refractivity contribution in [3.8, 4) is 0 Å². The highest BCUT2D eigenvalue weighted by Gasteiger charge is 2.11. The molecular weight excluding hydrogens is 348 g/mol. The average molecular weight is 372 g/mol. The van der Waals surface area contributed by atoms with Crippen LogP contribution in [0.5, 0.6) is 0 Å². The zero-order valence-electron chi connectivity index (χ0n) is 16.1. The molecule has 0 aliphatic rings. The standard InChI is InChI=1S/C23H24N4O/c1-16(14-19(24)13-12-18-8-4-3-5-9-18)26-23(28)27-22-15-17(2)25-21-11-7-6-10-20(21)22/h3-13,15-16,24H,14H2,1-2H3,(H2,25,26,27,28). The number of aryl methyl sites for hydroxylation is 1. The Morgan fingerprint density at radius 2 is 1.86 bits per heavy atom. The van der Waals surface area contributed by atoms with Crippen LogP contribution in [0, 0.1) is 12.3 Å². The molecule has 0 bridgehead atoms. The molecule has 1 unspecified atom stereocenters.